The van der Waals surface area contributed by atoms with Gasteiger partial charge >= 0.3 is 0 Å². The van der Waals surface area contributed by atoms with Gasteiger partial charge in [-0.15, -0.1) is 0 Å². The fraction of sp³-hybridized carbons (Fsp3) is 0.250. The van der Waals surface area contributed by atoms with Gasteiger partial charge in [0.2, 0.25) is 0 Å². The summed E-state index contributed by atoms with van der Waals surface area (Å²) in [4.78, 5) is 5.79. The number of benzene rings is 2. The van der Waals surface area contributed by atoms with Crippen LogP contribution < -0.4 is 10.0 Å². The molecular formula is C20H24N4S. The molecule has 0 aliphatic rings. The van der Waals surface area contributed by atoms with Gasteiger partial charge in [0, 0.05) is 34.9 Å². The summed E-state index contributed by atoms with van der Waals surface area (Å²) in [6, 6.07) is 17.3. The number of aromatic nitrogens is 2. The Hall–Kier alpha value is -2.24. The highest BCUT2D eigenvalue weighted by Crippen LogP contribution is 2.31. The van der Waals surface area contributed by atoms with Gasteiger partial charge in [-0.05, 0) is 56.6 Å². The molecule has 130 valence electrons. The SMILES string of the molecule is CNSc1ccc(NCc2ccccc2)c(-c2cn(C(C)C)cn2)c1. The zero-order chi connectivity index (χ0) is 17.6. The van der Waals surface area contributed by atoms with E-state index in [-0.39, 0.29) is 0 Å². The fourth-order valence-electron chi connectivity index (χ4n) is 2.62. The van der Waals surface area contributed by atoms with E-state index in [9.17, 15) is 0 Å². The molecule has 0 radical (unpaired) electrons. The third-order valence-corrected chi connectivity index (χ3v) is 4.70. The molecule has 0 aliphatic carbocycles. The normalized spacial score (nSPS) is 11.0. The second kappa shape index (κ2) is 8.23. The van der Waals surface area contributed by atoms with E-state index in [0.717, 1.165) is 23.5 Å². The zero-order valence-corrected chi connectivity index (χ0v) is 15.7. The molecule has 2 N–H and O–H groups in total. The van der Waals surface area contributed by atoms with Crippen LogP contribution in [0.15, 0.2) is 66.0 Å². The van der Waals surface area contributed by atoms with E-state index in [0.29, 0.717) is 6.04 Å². The van der Waals surface area contributed by atoms with Crippen LogP contribution in [0, 0.1) is 0 Å². The summed E-state index contributed by atoms with van der Waals surface area (Å²) in [7, 11) is 1.93. The lowest BCUT2D eigenvalue weighted by atomic mass is 10.1. The maximum Gasteiger partial charge on any atom is 0.0956 e. The molecule has 0 aliphatic heterocycles. The van der Waals surface area contributed by atoms with E-state index in [1.165, 1.54) is 10.5 Å². The highest BCUT2D eigenvalue weighted by molar-refractivity contribution is 7.97. The predicted octanol–water partition coefficient (Wildman–Crippen LogP) is 4.97. The highest BCUT2D eigenvalue weighted by atomic mass is 32.2. The molecule has 0 fully saturated rings. The number of anilines is 1. The summed E-state index contributed by atoms with van der Waals surface area (Å²) < 4.78 is 5.27. The molecule has 5 heteroatoms. The van der Waals surface area contributed by atoms with Crippen molar-refractivity contribution in [2.75, 3.05) is 12.4 Å². The first-order valence-corrected chi connectivity index (χ1v) is 9.28. The van der Waals surface area contributed by atoms with E-state index in [4.69, 9.17) is 0 Å². The quantitative estimate of drug-likeness (QED) is 0.589. The number of rotatable bonds is 7. The van der Waals surface area contributed by atoms with Gasteiger partial charge in [-0.3, -0.25) is 4.72 Å². The van der Waals surface area contributed by atoms with E-state index in [1.54, 1.807) is 11.9 Å². The molecule has 0 spiro atoms. The van der Waals surface area contributed by atoms with E-state index >= 15 is 0 Å². The molecule has 0 amide bonds. The van der Waals surface area contributed by atoms with Gasteiger partial charge in [-0.1, -0.05) is 30.3 Å². The number of hydrogen-bond donors (Lipinski definition) is 2. The minimum Gasteiger partial charge on any atom is -0.380 e. The Morgan fingerprint density at radius 3 is 2.60 bits per heavy atom. The highest BCUT2D eigenvalue weighted by Gasteiger charge is 2.11. The molecule has 0 atom stereocenters. The van der Waals surface area contributed by atoms with Crippen molar-refractivity contribution in [2.24, 2.45) is 0 Å². The average Bonchev–Trinajstić information content (AvgIpc) is 3.12. The first-order chi connectivity index (χ1) is 12.2. The standard InChI is InChI=1S/C20H24N4S/c1-15(2)24-13-20(23-14-24)18-11-17(25-21-3)9-10-19(18)22-12-16-7-5-4-6-8-16/h4-11,13-15,21-22H,12H2,1-3H3. The van der Waals surface area contributed by atoms with Crippen LogP contribution in [0.4, 0.5) is 5.69 Å². The number of imidazole rings is 1. The Balaban J connectivity index is 1.90. The van der Waals surface area contributed by atoms with Crippen LogP contribution in [0.25, 0.3) is 11.3 Å². The van der Waals surface area contributed by atoms with Crippen molar-refractivity contribution < 1.29 is 0 Å². The molecular weight excluding hydrogens is 328 g/mol. The molecule has 1 heterocycles. The Bertz CT molecular complexity index is 812. The summed E-state index contributed by atoms with van der Waals surface area (Å²) >= 11 is 1.61. The van der Waals surface area contributed by atoms with Crippen molar-refractivity contribution in [1.29, 1.82) is 0 Å². The monoisotopic (exact) mass is 352 g/mol. The van der Waals surface area contributed by atoms with Crippen molar-refractivity contribution in [3.8, 4) is 11.3 Å². The third kappa shape index (κ3) is 4.44. The second-order valence-corrected chi connectivity index (χ2v) is 7.24. The Morgan fingerprint density at radius 1 is 1.12 bits per heavy atom. The van der Waals surface area contributed by atoms with E-state index < -0.39 is 0 Å². The van der Waals surface area contributed by atoms with Crippen LogP contribution in [0.3, 0.4) is 0 Å². The van der Waals surface area contributed by atoms with E-state index in [1.807, 2.05) is 19.4 Å². The van der Waals surface area contributed by atoms with Gasteiger partial charge in [0.05, 0.1) is 12.0 Å². The van der Waals surface area contributed by atoms with Crippen LogP contribution in [0.1, 0.15) is 25.5 Å². The molecule has 0 saturated carbocycles. The summed E-state index contributed by atoms with van der Waals surface area (Å²) in [5.41, 5.74) is 4.46. The molecule has 25 heavy (non-hydrogen) atoms. The minimum absolute atomic E-state index is 0.400. The minimum atomic E-state index is 0.400. The molecule has 0 bridgehead atoms. The van der Waals surface area contributed by atoms with Crippen molar-refractivity contribution in [3.05, 3.63) is 66.6 Å². The Morgan fingerprint density at radius 2 is 1.92 bits per heavy atom. The molecule has 4 nitrogen and oxygen atoms in total. The summed E-state index contributed by atoms with van der Waals surface area (Å²) in [6.45, 7) is 5.11. The smallest absolute Gasteiger partial charge is 0.0956 e. The van der Waals surface area contributed by atoms with Gasteiger partial charge in [0.25, 0.3) is 0 Å². The predicted molar refractivity (Wildman–Crippen MR) is 107 cm³/mol. The van der Waals surface area contributed by atoms with Crippen molar-refractivity contribution in [3.63, 3.8) is 0 Å². The van der Waals surface area contributed by atoms with Crippen LogP contribution >= 0.6 is 11.9 Å². The number of nitrogens with one attached hydrogen (secondary N) is 2. The Kier molecular flexibility index (Phi) is 5.79. The lowest BCUT2D eigenvalue weighted by molar-refractivity contribution is 0.600. The first-order valence-electron chi connectivity index (χ1n) is 8.46. The first kappa shape index (κ1) is 17.6. The third-order valence-electron chi connectivity index (χ3n) is 4.01. The van der Waals surface area contributed by atoms with Crippen LogP contribution in [0.2, 0.25) is 0 Å². The average molecular weight is 353 g/mol. The number of nitrogens with zero attached hydrogens (tertiary/aromatic N) is 2. The lowest BCUT2D eigenvalue weighted by Gasteiger charge is -2.13. The number of hydrogen-bond acceptors (Lipinski definition) is 4. The lowest BCUT2D eigenvalue weighted by Crippen LogP contribution is -2.01. The van der Waals surface area contributed by atoms with Crippen molar-refractivity contribution in [2.45, 2.75) is 31.3 Å². The largest absolute Gasteiger partial charge is 0.380 e. The topological polar surface area (TPSA) is 41.9 Å². The van der Waals surface area contributed by atoms with Gasteiger partial charge in [0.1, 0.15) is 0 Å². The molecule has 0 saturated heterocycles. The van der Waals surface area contributed by atoms with Crippen LogP contribution in [-0.2, 0) is 6.54 Å². The van der Waals surface area contributed by atoms with Crippen molar-refractivity contribution >= 4 is 17.6 Å². The van der Waals surface area contributed by atoms with Crippen molar-refractivity contribution in [1.82, 2.24) is 14.3 Å². The molecule has 0 unspecified atom stereocenters. The molecule has 3 rings (SSSR count). The zero-order valence-electron chi connectivity index (χ0n) is 14.9. The molecule has 2 aromatic carbocycles. The van der Waals surface area contributed by atoms with Crippen LogP contribution in [0.5, 0.6) is 0 Å². The van der Waals surface area contributed by atoms with Gasteiger partial charge in [0.15, 0.2) is 0 Å². The van der Waals surface area contributed by atoms with E-state index in [2.05, 4.69) is 82.1 Å². The van der Waals surface area contributed by atoms with Gasteiger partial charge in [-0.25, -0.2) is 4.98 Å². The van der Waals surface area contributed by atoms with Gasteiger partial charge in [-0.2, -0.15) is 0 Å². The summed E-state index contributed by atoms with van der Waals surface area (Å²) in [6.07, 6.45) is 4.01. The molecule has 1 aromatic heterocycles. The second-order valence-electron chi connectivity index (χ2n) is 6.15. The molecule has 3 aromatic rings. The summed E-state index contributed by atoms with van der Waals surface area (Å²) in [5, 5.41) is 3.56. The van der Waals surface area contributed by atoms with Crippen LogP contribution in [-0.4, -0.2) is 16.6 Å². The maximum atomic E-state index is 4.62. The fourth-order valence-corrected chi connectivity index (χ4v) is 3.17. The summed E-state index contributed by atoms with van der Waals surface area (Å²) in [5.74, 6) is 0. The Labute approximate surface area is 153 Å². The maximum absolute atomic E-state index is 4.62. The van der Waals surface area contributed by atoms with Gasteiger partial charge < -0.3 is 9.88 Å².